The normalized spacial score (nSPS) is 9.67. The van der Waals surface area contributed by atoms with E-state index in [1.807, 2.05) is 29.1 Å². The molecule has 1 heterocycles. The Morgan fingerprint density at radius 1 is 1.11 bits per heavy atom. The van der Waals surface area contributed by atoms with Crippen molar-refractivity contribution in [1.29, 1.82) is 0 Å². The van der Waals surface area contributed by atoms with Gasteiger partial charge < -0.3 is 24.0 Å². The van der Waals surface area contributed by atoms with E-state index in [9.17, 15) is 4.79 Å². The first-order valence-electron chi connectivity index (χ1n) is 5.08. The van der Waals surface area contributed by atoms with Crippen molar-refractivity contribution >= 4 is 40.0 Å². The monoisotopic (exact) mass is 485 g/mol. The second-order valence-electron chi connectivity index (χ2n) is 3.62. The van der Waals surface area contributed by atoms with Crippen LogP contribution in [-0.2, 0) is 6.54 Å². The van der Waals surface area contributed by atoms with Crippen LogP contribution in [0.5, 0.6) is 0 Å². The second-order valence-corrected chi connectivity index (χ2v) is 5.30. The maximum atomic E-state index is 11.9. The van der Waals surface area contributed by atoms with E-state index >= 15 is 0 Å². The van der Waals surface area contributed by atoms with Crippen molar-refractivity contribution < 1.29 is 33.3 Å². The van der Waals surface area contributed by atoms with Crippen LogP contribution in [0.3, 0.4) is 0 Å². The number of hydrogen-bond donors (Lipinski definition) is 0. The van der Waals surface area contributed by atoms with E-state index in [-0.39, 0.29) is 29.8 Å². The highest BCUT2D eigenvalue weighted by Crippen LogP contribution is 2.10. The van der Waals surface area contributed by atoms with Gasteiger partial charge in [-0.1, -0.05) is 11.6 Å². The molecule has 0 atom stereocenters. The van der Waals surface area contributed by atoms with Gasteiger partial charge in [0.15, 0.2) is 12.4 Å². The van der Waals surface area contributed by atoms with Gasteiger partial charge in [0.05, 0.1) is 0 Å². The largest absolute Gasteiger partial charge is 1.00 e. The molecule has 94 valence electrons. The van der Waals surface area contributed by atoms with E-state index in [0.29, 0.717) is 17.1 Å². The Bertz CT molecular complexity index is 526. The molecule has 0 aliphatic rings. The average Bonchev–Trinajstić information content (AvgIpc) is 2.33. The third-order valence-corrected chi connectivity index (χ3v) is 3.31. The summed E-state index contributed by atoms with van der Waals surface area (Å²) in [6.07, 6.45) is 3.80. The minimum atomic E-state index is 0. The minimum absolute atomic E-state index is 0. The molecule has 2 rings (SSSR count). The Hall–Kier alpha value is -0.210. The first-order chi connectivity index (χ1) is 8.15. The number of ketones is 1. The summed E-state index contributed by atoms with van der Waals surface area (Å²) in [5, 5.41) is 0.642. The molecular weight excluding hydrogens is 475 g/mol. The number of nitrogens with zero attached hydrogens (tertiary/aromatic N) is 1. The zero-order valence-corrected chi connectivity index (χ0v) is 14.4. The van der Waals surface area contributed by atoms with Gasteiger partial charge in [0, 0.05) is 26.3 Å². The SMILES string of the molecule is O=C(C[n+]1ccc(I)cc1)c1ccc(Cl)cc1.[I-]. The molecule has 0 aliphatic carbocycles. The zero-order valence-electron chi connectivity index (χ0n) is 9.32. The Balaban J connectivity index is 0.00000162. The van der Waals surface area contributed by atoms with Gasteiger partial charge in [-0.15, -0.1) is 0 Å². The first kappa shape index (κ1) is 15.8. The van der Waals surface area contributed by atoms with Crippen LogP contribution in [-0.4, -0.2) is 5.78 Å². The second kappa shape index (κ2) is 7.40. The number of Topliss-reactive ketones (excluding diaryl/α,β-unsaturated/α-hetero) is 1. The van der Waals surface area contributed by atoms with Crippen LogP contribution < -0.4 is 28.5 Å². The molecular formula is C13H10ClI2NO. The van der Waals surface area contributed by atoms with Crippen LogP contribution in [0.2, 0.25) is 5.02 Å². The predicted molar refractivity (Wildman–Crippen MR) is 75.1 cm³/mol. The third kappa shape index (κ3) is 4.47. The summed E-state index contributed by atoms with van der Waals surface area (Å²) >= 11 is 8.01. The summed E-state index contributed by atoms with van der Waals surface area (Å²) in [6, 6.07) is 10.9. The molecule has 18 heavy (non-hydrogen) atoms. The summed E-state index contributed by atoms with van der Waals surface area (Å²) in [5.74, 6) is 0.0767. The maximum Gasteiger partial charge on any atom is 0.227 e. The van der Waals surface area contributed by atoms with Crippen molar-refractivity contribution in [2.75, 3.05) is 0 Å². The first-order valence-corrected chi connectivity index (χ1v) is 6.54. The Morgan fingerprint density at radius 3 is 2.22 bits per heavy atom. The lowest BCUT2D eigenvalue weighted by Crippen LogP contribution is -3.00. The van der Waals surface area contributed by atoms with Gasteiger partial charge in [-0.25, -0.2) is 0 Å². The fourth-order valence-electron chi connectivity index (χ4n) is 1.44. The number of halogens is 3. The van der Waals surface area contributed by atoms with Crippen molar-refractivity contribution in [3.05, 3.63) is 62.9 Å². The molecule has 0 fully saturated rings. The van der Waals surface area contributed by atoms with E-state index in [4.69, 9.17) is 11.6 Å². The van der Waals surface area contributed by atoms with Crippen LogP contribution in [0.15, 0.2) is 48.8 Å². The third-order valence-electron chi connectivity index (χ3n) is 2.34. The molecule has 0 saturated carbocycles. The Kier molecular flexibility index (Phi) is 6.51. The fraction of sp³-hybridized carbons (Fsp3) is 0.0769. The van der Waals surface area contributed by atoms with Gasteiger partial charge in [-0.05, 0) is 46.9 Å². The molecule has 5 heteroatoms. The molecule has 0 saturated heterocycles. The molecule has 2 aromatic rings. The summed E-state index contributed by atoms with van der Waals surface area (Å²) < 4.78 is 3.01. The highest BCUT2D eigenvalue weighted by Gasteiger charge is 2.11. The highest BCUT2D eigenvalue weighted by molar-refractivity contribution is 14.1. The number of hydrogen-bond acceptors (Lipinski definition) is 1. The standard InChI is InChI=1S/C13H10ClINO.HI/c14-11-3-1-10(2-4-11)13(17)9-16-7-5-12(15)6-8-16;/h1-8H,9H2;1H/q+1;/p-1. The van der Waals surface area contributed by atoms with Gasteiger partial charge in [0.25, 0.3) is 0 Å². The molecule has 0 aliphatic heterocycles. The zero-order chi connectivity index (χ0) is 12.3. The smallest absolute Gasteiger partial charge is 0.227 e. The lowest BCUT2D eigenvalue weighted by Gasteiger charge is -1.98. The van der Waals surface area contributed by atoms with Crippen molar-refractivity contribution in [3.8, 4) is 0 Å². The minimum Gasteiger partial charge on any atom is -1.00 e. The topological polar surface area (TPSA) is 20.9 Å². The van der Waals surface area contributed by atoms with Crippen LogP contribution in [0.25, 0.3) is 0 Å². The van der Waals surface area contributed by atoms with Crippen LogP contribution in [0.1, 0.15) is 10.4 Å². The fourth-order valence-corrected chi connectivity index (χ4v) is 1.89. The summed E-state index contributed by atoms with van der Waals surface area (Å²) in [6.45, 7) is 0.346. The number of benzene rings is 1. The molecule has 0 amide bonds. The van der Waals surface area contributed by atoms with Crippen LogP contribution >= 0.6 is 34.2 Å². The van der Waals surface area contributed by atoms with Gasteiger partial charge in [-0.2, -0.15) is 4.57 Å². The highest BCUT2D eigenvalue weighted by atomic mass is 127. The number of aromatic nitrogens is 1. The van der Waals surface area contributed by atoms with Gasteiger partial charge in [-0.3, -0.25) is 4.79 Å². The molecule has 0 N–H and O–H groups in total. The number of rotatable bonds is 3. The molecule has 1 aromatic carbocycles. The van der Waals surface area contributed by atoms with Gasteiger partial charge in [0.2, 0.25) is 12.3 Å². The number of pyridine rings is 1. The average molecular weight is 485 g/mol. The van der Waals surface area contributed by atoms with Crippen molar-refractivity contribution in [3.63, 3.8) is 0 Å². The van der Waals surface area contributed by atoms with Crippen molar-refractivity contribution in [1.82, 2.24) is 0 Å². The lowest BCUT2D eigenvalue weighted by atomic mass is 10.1. The number of carbonyl (C=O) groups excluding carboxylic acids is 1. The molecule has 0 spiro atoms. The molecule has 0 unspecified atom stereocenters. The van der Waals surface area contributed by atoms with E-state index in [1.165, 1.54) is 0 Å². The van der Waals surface area contributed by atoms with Crippen molar-refractivity contribution in [2.45, 2.75) is 6.54 Å². The molecule has 0 radical (unpaired) electrons. The maximum absolute atomic E-state index is 11.9. The quantitative estimate of drug-likeness (QED) is 0.344. The predicted octanol–water partition coefficient (Wildman–Crippen LogP) is 0.119. The van der Waals surface area contributed by atoms with E-state index in [0.717, 1.165) is 3.57 Å². The van der Waals surface area contributed by atoms with E-state index < -0.39 is 0 Å². The lowest BCUT2D eigenvalue weighted by molar-refractivity contribution is -0.683. The molecule has 0 bridgehead atoms. The molecule has 1 aromatic heterocycles. The Morgan fingerprint density at radius 2 is 1.67 bits per heavy atom. The van der Waals surface area contributed by atoms with E-state index in [1.54, 1.807) is 24.3 Å². The number of carbonyl (C=O) groups is 1. The summed E-state index contributed by atoms with van der Waals surface area (Å²) in [5.41, 5.74) is 0.681. The van der Waals surface area contributed by atoms with Crippen LogP contribution in [0.4, 0.5) is 0 Å². The van der Waals surface area contributed by atoms with E-state index in [2.05, 4.69) is 22.6 Å². The molecule has 2 nitrogen and oxygen atoms in total. The summed E-state index contributed by atoms with van der Waals surface area (Å²) in [7, 11) is 0. The Labute approximate surface area is 142 Å². The van der Waals surface area contributed by atoms with Crippen LogP contribution in [0, 0.1) is 3.57 Å². The summed E-state index contributed by atoms with van der Waals surface area (Å²) in [4.78, 5) is 11.9. The van der Waals surface area contributed by atoms with Gasteiger partial charge in [0.1, 0.15) is 0 Å². The van der Waals surface area contributed by atoms with Gasteiger partial charge >= 0.3 is 0 Å². The van der Waals surface area contributed by atoms with Crippen molar-refractivity contribution in [2.24, 2.45) is 0 Å².